The highest BCUT2D eigenvalue weighted by Crippen LogP contribution is 2.28. The number of benzene rings is 2. The van der Waals surface area contributed by atoms with E-state index >= 15 is 0 Å². The third-order valence-electron chi connectivity index (χ3n) is 3.63. The van der Waals surface area contributed by atoms with Crippen LogP contribution in [-0.2, 0) is 6.42 Å². The molecule has 0 atom stereocenters. The fourth-order valence-electron chi connectivity index (χ4n) is 2.35. The van der Waals surface area contributed by atoms with Crippen LogP contribution in [0.2, 0.25) is 5.02 Å². The van der Waals surface area contributed by atoms with E-state index in [4.69, 9.17) is 27.2 Å². The van der Waals surface area contributed by atoms with Gasteiger partial charge in [0.1, 0.15) is 11.4 Å². The monoisotopic (exact) mass is 387 g/mol. The highest BCUT2D eigenvalue weighted by Gasteiger charge is 2.11. The molecule has 0 aliphatic rings. The Morgan fingerprint density at radius 1 is 1.15 bits per heavy atom. The van der Waals surface area contributed by atoms with Gasteiger partial charge in [-0.15, -0.1) is 0 Å². The second-order valence-corrected chi connectivity index (χ2v) is 6.04. The first-order valence-electron chi connectivity index (χ1n) is 7.98. The molecule has 0 saturated heterocycles. The minimum Gasteiger partial charge on any atom is -0.454 e. The number of nitrogens with two attached hydrogens (primary N) is 1. The van der Waals surface area contributed by atoms with Gasteiger partial charge in [0, 0.05) is 35.4 Å². The second kappa shape index (κ2) is 8.11. The molecular weight excluding hydrogens is 373 g/mol. The van der Waals surface area contributed by atoms with Gasteiger partial charge in [-0.25, -0.2) is 14.4 Å². The molecule has 8 heteroatoms. The van der Waals surface area contributed by atoms with E-state index in [-0.39, 0.29) is 30.3 Å². The Morgan fingerprint density at radius 2 is 1.89 bits per heavy atom. The van der Waals surface area contributed by atoms with Crippen molar-refractivity contribution in [1.29, 1.82) is 0 Å². The molecule has 0 aliphatic carbocycles. The molecule has 27 heavy (non-hydrogen) atoms. The van der Waals surface area contributed by atoms with Gasteiger partial charge in [0.2, 0.25) is 0 Å². The van der Waals surface area contributed by atoms with Crippen LogP contribution in [0.15, 0.2) is 48.5 Å². The molecule has 0 bridgehead atoms. The average molecular weight is 388 g/mol. The van der Waals surface area contributed by atoms with Gasteiger partial charge < -0.3 is 15.6 Å². The van der Waals surface area contributed by atoms with E-state index in [1.165, 1.54) is 24.3 Å². The van der Waals surface area contributed by atoms with Crippen LogP contribution < -0.4 is 10.5 Å². The van der Waals surface area contributed by atoms with Gasteiger partial charge in [-0.3, -0.25) is 4.79 Å². The Hall–Kier alpha value is -3.03. The van der Waals surface area contributed by atoms with E-state index in [1.807, 2.05) is 0 Å². The molecule has 1 aromatic heterocycles. The van der Waals surface area contributed by atoms with Crippen molar-refractivity contribution in [2.24, 2.45) is 5.73 Å². The summed E-state index contributed by atoms with van der Waals surface area (Å²) in [7, 11) is 0. The zero-order chi connectivity index (χ0) is 19.4. The van der Waals surface area contributed by atoms with Crippen molar-refractivity contribution >= 4 is 17.5 Å². The minimum absolute atomic E-state index is 0.00691. The predicted molar refractivity (Wildman–Crippen MR) is 98.3 cm³/mol. The molecule has 0 radical (unpaired) electrons. The maximum Gasteiger partial charge on any atom is 0.267 e. The van der Waals surface area contributed by atoms with Crippen LogP contribution in [-0.4, -0.2) is 27.6 Å². The summed E-state index contributed by atoms with van der Waals surface area (Å²) >= 11 is 5.85. The van der Waals surface area contributed by atoms with Crippen LogP contribution in [0.25, 0.3) is 11.4 Å². The zero-order valence-electron chi connectivity index (χ0n) is 14.0. The zero-order valence-corrected chi connectivity index (χ0v) is 14.8. The predicted octanol–water partition coefficient (Wildman–Crippen LogP) is 3.36. The van der Waals surface area contributed by atoms with Crippen LogP contribution >= 0.6 is 11.6 Å². The van der Waals surface area contributed by atoms with Gasteiger partial charge in [0.25, 0.3) is 5.91 Å². The van der Waals surface area contributed by atoms with Crippen LogP contribution in [0.1, 0.15) is 16.2 Å². The smallest absolute Gasteiger partial charge is 0.267 e. The fraction of sp³-hybridized carbons (Fsp3) is 0.105. The van der Waals surface area contributed by atoms with Crippen molar-refractivity contribution in [2.45, 2.75) is 6.42 Å². The molecule has 1 heterocycles. The standard InChI is InChI=1S/C19H15ClFN3O3/c20-12-3-6-15(21)17(9-12)27-14-4-1-11(2-5-14)19-23-13(7-8-25)10-16(24-19)18(22)26/h1-6,9-10,25H,7-8H2,(H2,22,26). The number of carbonyl (C=O) groups is 1. The highest BCUT2D eigenvalue weighted by molar-refractivity contribution is 6.30. The lowest BCUT2D eigenvalue weighted by Gasteiger charge is -2.09. The summed E-state index contributed by atoms with van der Waals surface area (Å²) in [6.45, 7) is -0.118. The molecule has 0 spiro atoms. The van der Waals surface area contributed by atoms with E-state index < -0.39 is 11.7 Å². The van der Waals surface area contributed by atoms with E-state index in [9.17, 15) is 9.18 Å². The fourth-order valence-corrected chi connectivity index (χ4v) is 2.51. The molecule has 6 nitrogen and oxygen atoms in total. The maximum absolute atomic E-state index is 13.8. The molecule has 0 unspecified atom stereocenters. The van der Waals surface area contributed by atoms with Crippen molar-refractivity contribution in [3.05, 3.63) is 70.8 Å². The first-order valence-corrected chi connectivity index (χ1v) is 8.36. The highest BCUT2D eigenvalue weighted by atomic mass is 35.5. The first kappa shape index (κ1) is 18.8. The summed E-state index contributed by atoms with van der Waals surface area (Å²) in [6, 6.07) is 12.0. The molecule has 2 aromatic carbocycles. The lowest BCUT2D eigenvalue weighted by atomic mass is 10.1. The Kier molecular flexibility index (Phi) is 5.63. The SMILES string of the molecule is NC(=O)c1cc(CCO)nc(-c2ccc(Oc3cc(Cl)ccc3F)cc2)n1. The maximum atomic E-state index is 13.8. The third-order valence-corrected chi connectivity index (χ3v) is 3.87. The van der Waals surface area contributed by atoms with E-state index in [0.717, 1.165) is 0 Å². The number of halogens is 2. The van der Waals surface area contributed by atoms with Gasteiger partial charge in [-0.1, -0.05) is 11.6 Å². The van der Waals surface area contributed by atoms with Crippen molar-refractivity contribution in [3.63, 3.8) is 0 Å². The molecule has 3 aromatic rings. The number of aliphatic hydroxyl groups excluding tert-OH is 1. The van der Waals surface area contributed by atoms with Crippen molar-refractivity contribution in [2.75, 3.05) is 6.61 Å². The van der Waals surface area contributed by atoms with Gasteiger partial charge in [-0.2, -0.15) is 0 Å². The van der Waals surface area contributed by atoms with Gasteiger partial charge in [-0.05, 0) is 42.5 Å². The number of aromatic nitrogens is 2. The van der Waals surface area contributed by atoms with Crippen LogP contribution in [0, 0.1) is 5.82 Å². The Balaban J connectivity index is 1.88. The van der Waals surface area contributed by atoms with Crippen molar-refractivity contribution < 1.29 is 19.0 Å². The third kappa shape index (κ3) is 4.58. The number of primary amides is 1. The van der Waals surface area contributed by atoms with E-state index in [2.05, 4.69) is 9.97 Å². The summed E-state index contributed by atoms with van der Waals surface area (Å²) in [6.07, 6.45) is 0.269. The van der Waals surface area contributed by atoms with Crippen LogP contribution in [0.3, 0.4) is 0 Å². The number of amides is 1. The number of hydrogen-bond acceptors (Lipinski definition) is 5. The lowest BCUT2D eigenvalue weighted by molar-refractivity contribution is 0.0995. The largest absolute Gasteiger partial charge is 0.454 e. The molecular formula is C19H15ClFN3O3. The lowest BCUT2D eigenvalue weighted by Crippen LogP contribution is -2.15. The molecule has 3 rings (SSSR count). The van der Waals surface area contributed by atoms with Gasteiger partial charge >= 0.3 is 0 Å². The quantitative estimate of drug-likeness (QED) is 0.675. The number of hydrogen-bond donors (Lipinski definition) is 2. The first-order chi connectivity index (χ1) is 13.0. The molecule has 1 amide bonds. The summed E-state index contributed by atoms with van der Waals surface area (Å²) < 4.78 is 19.3. The van der Waals surface area contributed by atoms with Crippen LogP contribution in [0.5, 0.6) is 11.5 Å². The number of nitrogens with zero attached hydrogens (tertiary/aromatic N) is 2. The molecule has 0 saturated carbocycles. The summed E-state index contributed by atoms with van der Waals surface area (Å²) in [5, 5.41) is 9.45. The van der Waals surface area contributed by atoms with E-state index in [1.54, 1.807) is 24.3 Å². The number of aliphatic hydroxyl groups is 1. The van der Waals surface area contributed by atoms with Gasteiger partial charge in [0.15, 0.2) is 17.4 Å². The molecule has 3 N–H and O–H groups in total. The number of ether oxygens (including phenoxy) is 1. The molecule has 0 aliphatic heterocycles. The summed E-state index contributed by atoms with van der Waals surface area (Å²) in [5.41, 5.74) is 6.47. The van der Waals surface area contributed by atoms with E-state index in [0.29, 0.717) is 22.0 Å². The Bertz CT molecular complexity index is 980. The number of rotatable bonds is 6. The molecule has 0 fully saturated rings. The van der Waals surface area contributed by atoms with Crippen molar-refractivity contribution in [1.82, 2.24) is 9.97 Å². The second-order valence-electron chi connectivity index (χ2n) is 5.61. The topological polar surface area (TPSA) is 98.3 Å². The number of carbonyl (C=O) groups excluding carboxylic acids is 1. The normalized spacial score (nSPS) is 10.6. The van der Waals surface area contributed by atoms with Crippen molar-refractivity contribution in [3.8, 4) is 22.9 Å². The molecule has 138 valence electrons. The van der Waals surface area contributed by atoms with Gasteiger partial charge in [0.05, 0.1) is 0 Å². The Labute approximate surface area is 159 Å². The van der Waals surface area contributed by atoms with Crippen LogP contribution in [0.4, 0.5) is 4.39 Å². The average Bonchev–Trinajstić information content (AvgIpc) is 2.65. The minimum atomic E-state index is -0.686. The Morgan fingerprint density at radius 3 is 2.56 bits per heavy atom. The summed E-state index contributed by atoms with van der Waals surface area (Å²) in [4.78, 5) is 19.9. The summed E-state index contributed by atoms with van der Waals surface area (Å²) in [5.74, 6) is -0.534.